The van der Waals surface area contributed by atoms with E-state index in [0.29, 0.717) is 5.56 Å². The monoisotopic (exact) mass is 262 g/mol. The van der Waals surface area contributed by atoms with Gasteiger partial charge in [-0.25, -0.2) is 0 Å². The molecule has 3 nitrogen and oxygen atoms in total. The number of carbonyl (C=O) groups excluding carboxylic acids is 2. The molecule has 0 amide bonds. The highest BCUT2D eigenvalue weighted by molar-refractivity contribution is 6.12. The fourth-order valence-corrected chi connectivity index (χ4v) is 1.66. The molecule has 0 bridgehead atoms. The van der Waals surface area contributed by atoms with Crippen molar-refractivity contribution in [2.24, 2.45) is 5.41 Å². The molecule has 0 unspecified atom stereocenters. The van der Waals surface area contributed by atoms with Gasteiger partial charge in [0.05, 0.1) is 0 Å². The van der Waals surface area contributed by atoms with Crippen molar-refractivity contribution < 1.29 is 14.3 Å². The van der Waals surface area contributed by atoms with E-state index in [-0.39, 0.29) is 5.78 Å². The predicted octanol–water partition coefficient (Wildman–Crippen LogP) is 3.55. The molecule has 0 fully saturated rings. The molecule has 0 atom stereocenters. The molecule has 104 valence electrons. The highest BCUT2D eigenvalue weighted by atomic mass is 16.6. The van der Waals surface area contributed by atoms with Crippen molar-refractivity contribution in [2.45, 2.75) is 47.1 Å². The molecule has 3 heteroatoms. The summed E-state index contributed by atoms with van der Waals surface area (Å²) < 4.78 is 5.33. The molecular formula is C16H22O3. The fraction of sp³-hybridized carbons (Fsp3) is 0.500. The van der Waals surface area contributed by atoms with Crippen LogP contribution < -0.4 is 0 Å². The smallest absolute Gasteiger partial charge is 0.319 e. The third-order valence-electron chi connectivity index (χ3n) is 2.87. The van der Waals surface area contributed by atoms with E-state index in [9.17, 15) is 9.59 Å². The van der Waals surface area contributed by atoms with Crippen LogP contribution in [0.1, 0.15) is 50.5 Å². The van der Waals surface area contributed by atoms with E-state index in [2.05, 4.69) is 0 Å². The van der Waals surface area contributed by atoms with Crippen molar-refractivity contribution in [2.75, 3.05) is 0 Å². The van der Waals surface area contributed by atoms with Crippen molar-refractivity contribution in [3.8, 4) is 0 Å². The van der Waals surface area contributed by atoms with E-state index in [0.717, 1.165) is 5.56 Å². The Hall–Kier alpha value is -1.64. The van der Waals surface area contributed by atoms with Gasteiger partial charge in [0, 0.05) is 5.56 Å². The number of aryl methyl sites for hydroxylation is 1. The van der Waals surface area contributed by atoms with E-state index in [1.165, 1.54) is 0 Å². The Balaban J connectivity index is 3.04. The second kappa shape index (κ2) is 5.16. The lowest BCUT2D eigenvalue weighted by atomic mass is 9.83. The SMILES string of the molecule is Cc1ccccc1C(=O)C(C)(C)C(=O)OC(C)(C)C. The zero-order valence-corrected chi connectivity index (χ0v) is 12.5. The fourth-order valence-electron chi connectivity index (χ4n) is 1.66. The zero-order chi connectivity index (χ0) is 14.8. The Labute approximate surface area is 115 Å². The summed E-state index contributed by atoms with van der Waals surface area (Å²) in [6.45, 7) is 10.4. The summed E-state index contributed by atoms with van der Waals surface area (Å²) in [5.74, 6) is -0.701. The second-order valence-electron chi connectivity index (χ2n) is 6.27. The number of hydrogen-bond donors (Lipinski definition) is 0. The molecule has 0 heterocycles. The summed E-state index contributed by atoms with van der Waals surface area (Å²) in [4.78, 5) is 24.7. The maximum Gasteiger partial charge on any atom is 0.319 e. The van der Waals surface area contributed by atoms with Gasteiger partial charge in [0.15, 0.2) is 5.78 Å². The third kappa shape index (κ3) is 3.66. The number of hydrogen-bond acceptors (Lipinski definition) is 3. The molecule has 0 saturated heterocycles. The average molecular weight is 262 g/mol. The topological polar surface area (TPSA) is 43.4 Å². The summed E-state index contributed by atoms with van der Waals surface area (Å²) in [5.41, 5.74) is -0.345. The van der Waals surface area contributed by atoms with Crippen molar-refractivity contribution in [1.82, 2.24) is 0 Å². The van der Waals surface area contributed by atoms with Crippen LogP contribution in [0.15, 0.2) is 24.3 Å². The molecule has 1 aromatic carbocycles. The number of rotatable bonds is 3. The number of Topliss-reactive ketones (excluding diaryl/α,β-unsaturated/α-hetero) is 1. The maximum absolute atomic E-state index is 12.5. The van der Waals surface area contributed by atoms with Gasteiger partial charge in [-0.15, -0.1) is 0 Å². The molecule has 0 saturated carbocycles. The Bertz CT molecular complexity index is 493. The van der Waals surface area contributed by atoms with Crippen LogP contribution in [-0.4, -0.2) is 17.4 Å². The van der Waals surface area contributed by atoms with Crippen LogP contribution in [0.25, 0.3) is 0 Å². The zero-order valence-electron chi connectivity index (χ0n) is 12.5. The summed E-state index contributed by atoms with van der Waals surface area (Å²) in [6.07, 6.45) is 0. The van der Waals surface area contributed by atoms with Crippen LogP contribution in [0.2, 0.25) is 0 Å². The first-order valence-electron chi connectivity index (χ1n) is 6.39. The Morgan fingerprint density at radius 3 is 2.00 bits per heavy atom. The van der Waals surface area contributed by atoms with Gasteiger partial charge in [-0.1, -0.05) is 24.3 Å². The first-order valence-corrected chi connectivity index (χ1v) is 6.39. The number of esters is 1. The molecule has 0 spiro atoms. The predicted molar refractivity (Wildman–Crippen MR) is 75.1 cm³/mol. The number of benzene rings is 1. The van der Waals surface area contributed by atoms with Gasteiger partial charge < -0.3 is 4.74 Å². The van der Waals surface area contributed by atoms with E-state index < -0.39 is 17.0 Å². The lowest BCUT2D eigenvalue weighted by molar-refractivity contribution is -0.162. The minimum atomic E-state index is -1.18. The molecule has 0 aliphatic carbocycles. The van der Waals surface area contributed by atoms with Crippen LogP contribution in [0.5, 0.6) is 0 Å². The average Bonchev–Trinajstić information content (AvgIpc) is 2.26. The van der Waals surface area contributed by atoms with Gasteiger partial charge in [0.1, 0.15) is 11.0 Å². The van der Waals surface area contributed by atoms with Crippen LogP contribution in [0.4, 0.5) is 0 Å². The molecule has 0 aliphatic rings. The molecule has 1 aromatic rings. The van der Waals surface area contributed by atoms with Crippen LogP contribution in [-0.2, 0) is 9.53 Å². The van der Waals surface area contributed by atoms with E-state index in [4.69, 9.17) is 4.74 Å². The lowest BCUT2D eigenvalue weighted by Crippen LogP contribution is -2.39. The van der Waals surface area contributed by atoms with Crippen molar-refractivity contribution in [3.05, 3.63) is 35.4 Å². The molecule has 0 aliphatic heterocycles. The number of ketones is 1. The molecule has 0 aromatic heterocycles. The maximum atomic E-state index is 12.5. The van der Waals surface area contributed by atoms with Gasteiger partial charge >= 0.3 is 5.97 Å². The summed E-state index contributed by atoms with van der Waals surface area (Å²) in [5, 5.41) is 0. The molecule has 0 radical (unpaired) electrons. The van der Waals surface area contributed by atoms with E-state index in [1.807, 2.05) is 19.1 Å². The minimum absolute atomic E-state index is 0.208. The van der Waals surface area contributed by atoms with Gasteiger partial charge in [0.25, 0.3) is 0 Å². The highest BCUT2D eigenvalue weighted by Crippen LogP contribution is 2.27. The van der Waals surface area contributed by atoms with E-state index >= 15 is 0 Å². The Morgan fingerprint density at radius 1 is 1.00 bits per heavy atom. The molecule has 19 heavy (non-hydrogen) atoms. The standard InChI is InChI=1S/C16H22O3/c1-11-9-7-8-10-12(11)13(17)16(5,6)14(18)19-15(2,3)4/h7-10H,1-6H3. The first kappa shape index (κ1) is 15.4. The Kier molecular flexibility index (Phi) is 4.18. The van der Waals surface area contributed by atoms with Crippen molar-refractivity contribution >= 4 is 11.8 Å². The third-order valence-corrected chi connectivity index (χ3v) is 2.87. The van der Waals surface area contributed by atoms with Gasteiger partial charge in [-0.2, -0.15) is 0 Å². The number of ether oxygens (including phenoxy) is 1. The summed E-state index contributed by atoms with van der Waals surface area (Å²) in [6, 6.07) is 7.26. The minimum Gasteiger partial charge on any atom is -0.459 e. The summed E-state index contributed by atoms with van der Waals surface area (Å²) in [7, 11) is 0. The molecule has 0 N–H and O–H groups in total. The van der Waals surface area contributed by atoms with E-state index in [1.54, 1.807) is 46.8 Å². The first-order chi connectivity index (χ1) is 8.55. The van der Waals surface area contributed by atoms with Gasteiger partial charge in [0.2, 0.25) is 0 Å². The highest BCUT2D eigenvalue weighted by Gasteiger charge is 2.40. The quantitative estimate of drug-likeness (QED) is 0.475. The van der Waals surface area contributed by atoms with Crippen LogP contribution in [0, 0.1) is 12.3 Å². The van der Waals surface area contributed by atoms with Crippen molar-refractivity contribution in [3.63, 3.8) is 0 Å². The Morgan fingerprint density at radius 2 is 1.53 bits per heavy atom. The van der Waals surface area contributed by atoms with Gasteiger partial charge in [-0.3, -0.25) is 9.59 Å². The summed E-state index contributed by atoms with van der Waals surface area (Å²) >= 11 is 0. The largest absolute Gasteiger partial charge is 0.459 e. The molecule has 1 rings (SSSR count). The van der Waals surface area contributed by atoms with Gasteiger partial charge in [-0.05, 0) is 47.1 Å². The van der Waals surface area contributed by atoms with Crippen LogP contribution >= 0.6 is 0 Å². The number of carbonyl (C=O) groups is 2. The lowest BCUT2D eigenvalue weighted by Gasteiger charge is -2.27. The normalized spacial score (nSPS) is 12.1. The van der Waals surface area contributed by atoms with Crippen molar-refractivity contribution in [1.29, 1.82) is 0 Å². The van der Waals surface area contributed by atoms with Crippen LogP contribution in [0.3, 0.4) is 0 Å². The second-order valence-corrected chi connectivity index (χ2v) is 6.27. The molecular weight excluding hydrogens is 240 g/mol.